The van der Waals surface area contributed by atoms with Crippen molar-refractivity contribution in [2.75, 3.05) is 23.0 Å². The number of ether oxygens (including phenoxy) is 1. The van der Waals surface area contributed by atoms with Gasteiger partial charge in [0.2, 0.25) is 11.1 Å². The van der Waals surface area contributed by atoms with Crippen LogP contribution in [0.2, 0.25) is 0 Å². The van der Waals surface area contributed by atoms with Gasteiger partial charge >= 0.3 is 0 Å². The monoisotopic (exact) mass is 439 g/mol. The van der Waals surface area contributed by atoms with Crippen LogP contribution in [0.1, 0.15) is 42.9 Å². The quantitative estimate of drug-likeness (QED) is 0.429. The van der Waals surface area contributed by atoms with Crippen molar-refractivity contribution in [1.29, 1.82) is 0 Å². The third-order valence-corrected chi connectivity index (χ3v) is 5.08. The van der Waals surface area contributed by atoms with Crippen LogP contribution >= 0.6 is 11.8 Å². The molecular weight excluding hydrogens is 414 g/mol. The van der Waals surface area contributed by atoms with Crippen LogP contribution in [-0.2, 0) is 4.79 Å². The number of aromatic nitrogens is 3. The molecule has 0 atom stereocenters. The Bertz CT molecular complexity index is 1030. The number of hydrogen-bond acceptors (Lipinski definition) is 6. The summed E-state index contributed by atoms with van der Waals surface area (Å²) in [7, 11) is 0. The molecule has 0 radical (unpaired) electrons. The van der Waals surface area contributed by atoms with E-state index >= 15 is 0 Å². The fraction of sp³-hybridized carbons (Fsp3) is 0.273. The Labute approximate surface area is 185 Å². The summed E-state index contributed by atoms with van der Waals surface area (Å²) >= 11 is 1.23. The molecule has 0 saturated carbocycles. The lowest BCUT2D eigenvalue weighted by molar-refractivity contribution is -0.113. The van der Waals surface area contributed by atoms with Gasteiger partial charge in [-0.3, -0.25) is 14.7 Å². The van der Waals surface area contributed by atoms with Gasteiger partial charge in [0.1, 0.15) is 11.6 Å². The molecule has 0 aliphatic carbocycles. The van der Waals surface area contributed by atoms with E-state index in [4.69, 9.17) is 4.74 Å². The first kappa shape index (κ1) is 22.4. The van der Waals surface area contributed by atoms with Crippen molar-refractivity contribution in [3.8, 4) is 5.75 Å². The number of para-hydroxylation sites is 1. The van der Waals surface area contributed by atoms with Gasteiger partial charge in [0.15, 0.2) is 0 Å². The van der Waals surface area contributed by atoms with Gasteiger partial charge < -0.3 is 15.4 Å². The van der Waals surface area contributed by atoms with Gasteiger partial charge in [-0.1, -0.05) is 37.7 Å². The van der Waals surface area contributed by atoms with Crippen molar-refractivity contribution in [2.24, 2.45) is 0 Å². The summed E-state index contributed by atoms with van der Waals surface area (Å²) in [5.74, 6) is 1.31. The summed E-state index contributed by atoms with van der Waals surface area (Å²) < 4.78 is 5.41. The molecule has 9 heteroatoms. The van der Waals surface area contributed by atoms with Gasteiger partial charge in [-0.25, -0.2) is 4.98 Å². The topological polar surface area (TPSA) is 109 Å². The predicted molar refractivity (Wildman–Crippen MR) is 122 cm³/mol. The molecule has 0 aliphatic rings. The van der Waals surface area contributed by atoms with Crippen LogP contribution in [0.4, 0.5) is 11.4 Å². The number of carbonyl (C=O) groups is 2. The number of amides is 2. The van der Waals surface area contributed by atoms with Crippen molar-refractivity contribution >= 4 is 35.0 Å². The van der Waals surface area contributed by atoms with E-state index in [1.165, 1.54) is 11.8 Å². The minimum Gasteiger partial charge on any atom is -0.494 e. The van der Waals surface area contributed by atoms with Gasteiger partial charge in [0.25, 0.3) is 5.91 Å². The summed E-state index contributed by atoms with van der Waals surface area (Å²) in [4.78, 5) is 29.5. The minimum absolute atomic E-state index is 0.129. The van der Waals surface area contributed by atoms with Crippen LogP contribution in [0.15, 0.2) is 53.7 Å². The Hall–Kier alpha value is -3.33. The van der Waals surface area contributed by atoms with Crippen molar-refractivity contribution < 1.29 is 14.3 Å². The third kappa shape index (κ3) is 6.32. The van der Waals surface area contributed by atoms with Crippen molar-refractivity contribution in [3.63, 3.8) is 0 Å². The standard InChI is InChI=1S/C22H25N5O3S/c1-4-30-16-11-9-15(10-12-16)23-21(29)17-7-5-6-8-18(17)24-19(28)13-31-22-25-20(14(2)3)26-27-22/h5-12,14H,4,13H2,1-3H3,(H,23,29)(H,24,28)(H,25,26,27). The van der Waals surface area contributed by atoms with Crippen LogP contribution in [0.3, 0.4) is 0 Å². The zero-order valence-electron chi connectivity index (χ0n) is 17.6. The van der Waals surface area contributed by atoms with Crippen LogP contribution < -0.4 is 15.4 Å². The van der Waals surface area contributed by atoms with Gasteiger partial charge in [0.05, 0.1) is 23.6 Å². The molecule has 3 rings (SSSR count). The molecule has 0 aliphatic heterocycles. The first-order chi connectivity index (χ1) is 15.0. The van der Waals surface area contributed by atoms with Crippen molar-refractivity contribution in [3.05, 3.63) is 59.9 Å². The van der Waals surface area contributed by atoms with Gasteiger partial charge in [0, 0.05) is 11.6 Å². The summed E-state index contributed by atoms with van der Waals surface area (Å²) in [6.07, 6.45) is 0. The van der Waals surface area contributed by atoms with E-state index < -0.39 is 0 Å². The number of H-pyrrole nitrogens is 1. The van der Waals surface area contributed by atoms with Gasteiger partial charge in [-0.05, 0) is 43.3 Å². The summed E-state index contributed by atoms with van der Waals surface area (Å²) in [6, 6.07) is 14.0. The lowest BCUT2D eigenvalue weighted by atomic mass is 10.1. The van der Waals surface area contributed by atoms with E-state index in [1.807, 2.05) is 20.8 Å². The first-order valence-electron chi connectivity index (χ1n) is 9.94. The molecule has 31 heavy (non-hydrogen) atoms. The Kier molecular flexibility index (Phi) is 7.66. The molecule has 0 bridgehead atoms. The Morgan fingerprint density at radius 2 is 1.84 bits per heavy atom. The van der Waals surface area contributed by atoms with Gasteiger partial charge in [-0.15, -0.1) is 5.10 Å². The SMILES string of the molecule is CCOc1ccc(NC(=O)c2ccccc2NC(=O)CSc2n[nH]c(C(C)C)n2)cc1. The maximum Gasteiger partial charge on any atom is 0.257 e. The second-order valence-electron chi connectivity index (χ2n) is 6.95. The number of thioether (sulfide) groups is 1. The molecule has 0 unspecified atom stereocenters. The van der Waals surface area contributed by atoms with Crippen molar-refractivity contribution in [1.82, 2.24) is 15.2 Å². The molecule has 8 nitrogen and oxygen atoms in total. The van der Waals surface area contributed by atoms with E-state index in [9.17, 15) is 9.59 Å². The molecule has 0 fully saturated rings. The molecule has 0 spiro atoms. The van der Waals surface area contributed by atoms with Crippen LogP contribution in [0, 0.1) is 0 Å². The lowest BCUT2D eigenvalue weighted by Crippen LogP contribution is -2.19. The summed E-state index contributed by atoms with van der Waals surface area (Å²) in [5, 5.41) is 13.1. The van der Waals surface area contributed by atoms with Crippen LogP contribution in [-0.4, -0.2) is 39.4 Å². The Morgan fingerprint density at radius 1 is 1.10 bits per heavy atom. The largest absolute Gasteiger partial charge is 0.494 e. The molecule has 162 valence electrons. The summed E-state index contributed by atoms with van der Waals surface area (Å²) in [5.41, 5.74) is 1.44. The molecule has 2 amide bonds. The number of nitrogens with one attached hydrogen (secondary N) is 3. The number of aromatic amines is 1. The van der Waals surface area contributed by atoms with E-state index in [1.54, 1.807) is 48.5 Å². The maximum absolute atomic E-state index is 12.7. The Morgan fingerprint density at radius 3 is 2.52 bits per heavy atom. The van der Waals surface area contributed by atoms with Crippen LogP contribution in [0.25, 0.3) is 0 Å². The number of anilines is 2. The summed E-state index contributed by atoms with van der Waals surface area (Å²) in [6.45, 7) is 6.51. The molecule has 1 aromatic heterocycles. The highest BCUT2D eigenvalue weighted by atomic mass is 32.2. The van der Waals surface area contributed by atoms with Crippen LogP contribution in [0.5, 0.6) is 5.75 Å². The number of carbonyl (C=O) groups excluding carboxylic acids is 2. The normalized spacial score (nSPS) is 10.7. The highest BCUT2D eigenvalue weighted by Crippen LogP contribution is 2.21. The van der Waals surface area contributed by atoms with E-state index in [0.29, 0.717) is 28.7 Å². The molecule has 2 aromatic carbocycles. The number of nitrogens with zero attached hydrogens (tertiary/aromatic N) is 2. The molecule has 0 saturated heterocycles. The predicted octanol–water partition coefficient (Wildman–Crippen LogP) is 4.31. The zero-order chi connectivity index (χ0) is 22.2. The van der Waals surface area contributed by atoms with E-state index in [0.717, 1.165) is 11.6 Å². The average Bonchev–Trinajstić information content (AvgIpc) is 3.24. The highest BCUT2D eigenvalue weighted by molar-refractivity contribution is 7.99. The van der Waals surface area contributed by atoms with Gasteiger partial charge in [-0.2, -0.15) is 0 Å². The zero-order valence-corrected chi connectivity index (χ0v) is 18.5. The second kappa shape index (κ2) is 10.6. The van der Waals surface area contributed by atoms with E-state index in [-0.39, 0.29) is 23.5 Å². The fourth-order valence-electron chi connectivity index (χ4n) is 2.69. The first-order valence-corrected chi connectivity index (χ1v) is 10.9. The molecule has 3 N–H and O–H groups in total. The molecular formula is C22H25N5O3S. The fourth-order valence-corrected chi connectivity index (χ4v) is 3.29. The van der Waals surface area contributed by atoms with Crippen molar-refractivity contribution in [2.45, 2.75) is 31.8 Å². The second-order valence-corrected chi connectivity index (χ2v) is 7.89. The molecule has 3 aromatic rings. The lowest BCUT2D eigenvalue weighted by Gasteiger charge is -2.11. The number of rotatable bonds is 9. The maximum atomic E-state index is 12.7. The molecule has 1 heterocycles. The highest BCUT2D eigenvalue weighted by Gasteiger charge is 2.15. The van der Waals surface area contributed by atoms with E-state index in [2.05, 4.69) is 25.8 Å². The number of benzene rings is 2. The third-order valence-electron chi connectivity index (χ3n) is 4.23. The Balaban J connectivity index is 1.60. The number of hydrogen-bond donors (Lipinski definition) is 3. The average molecular weight is 440 g/mol. The minimum atomic E-state index is -0.316. The smallest absolute Gasteiger partial charge is 0.257 e.